The maximum atomic E-state index is 12.7. The molecule has 0 fully saturated rings. The number of imidazole rings is 1. The molecule has 0 bridgehead atoms. The number of hydrogen-bond acceptors (Lipinski definition) is 4. The highest BCUT2D eigenvalue weighted by molar-refractivity contribution is 7.98. The number of rotatable bonds is 7. The fraction of sp³-hybridized carbons (Fsp3) is 0.318. The van der Waals surface area contributed by atoms with Gasteiger partial charge in [-0.05, 0) is 56.2 Å². The average Bonchev–Trinajstić information content (AvgIpc) is 3.19. The topological polar surface area (TPSA) is 52.0 Å². The van der Waals surface area contributed by atoms with Crippen LogP contribution in [0.25, 0.3) is 0 Å². The summed E-state index contributed by atoms with van der Waals surface area (Å²) in [5, 5.41) is 0.885. The van der Waals surface area contributed by atoms with Gasteiger partial charge in [0, 0.05) is 35.0 Å². The third kappa shape index (κ3) is 5.44. The minimum atomic E-state index is -3.36. The Kier molecular flexibility index (Phi) is 6.76. The van der Waals surface area contributed by atoms with E-state index in [1.165, 1.54) is 5.56 Å². The Morgan fingerprint density at radius 2 is 1.72 bits per heavy atom. The molecule has 1 aromatic heterocycles. The van der Waals surface area contributed by atoms with Crippen LogP contribution < -0.4 is 0 Å². The van der Waals surface area contributed by atoms with Gasteiger partial charge in [0.1, 0.15) is 0 Å². The van der Waals surface area contributed by atoms with Crippen LogP contribution in [0.3, 0.4) is 0 Å². The smallest absolute Gasteiger partial charge is 0.183 e. The van der Waals surface area contributed by atoms with Crippen molar-refractivity contribution in [3.8, 4) is 0 Å². The minimum absolute atomic E-state index is 0.159. The van der Waals surface area contributed by atoms with Gasteiger partial charge in [-0.3, -0.25) is 0 Å². The van der Waals surface area contributed by atoms with Crippen LogP contribution in [0.2, 0.25) is 5.02 Å². The number of hydrogen-bond donors (Lipinski definition) is 0. The van der Waals surface area contributed by atoms with Gasteiger partial charge in [0.15, 0.2) is 9.84 Å². The molecule has 0 N–H and O–H groups in total. The van der Waals surface area contributed by atoms with Crippen LogP contribution in [-0.2, 0) is 22.1 Å². The summed E-state index contributed by atoms with van der Waals surface area (Å²) in [4.78, 5) is 4.49. The van der Waals surface area contributed by atoms with Gasteiger partial charge in [-0.25, -0.2) is 13.4 Å². The summed E-state index contributed by atoms with van der Waals surface area (Å²) < 4.78 is 26.6. The Morgan fingerprint density at radius 1 is 1.07 bits per heavy atom. The summed E-state index contributed by atoms with van der Waals surface area (Å²) in [6.45, 7) is 5.92. The zero-order valence-corrected chi connectivity index (χ0v) is 19.1. The van der Waals surface area contributed by atoms with Crippen LogP contribution in [0, 0.1) is 0 Å². The Hall–Kier alpha value is -1.76. The lowest BCUT2D eigenvalue weighted by atomic mass is 10.1. The van der Waals surface area contributed by atoms with E-state index in [-0.39, 0.29) is 5.25 Å². The first-order chi connectivity index (χ1) is 13.7. The first-order valence-corrected chi connectivity index (χ1v) is 12.2. The van der Waals surface area contributed by atoms with Crippen molar-refractivity contribution in [2.24, 2.45) is 0 Å². The molecule has 3 rings (SSSR count). The van der Waals surface area contributed by atoms with E-state index in [0.717, 1.165) is 22.9 Å². The van der Waals surface area contributed by atoms with Crippen molar-refractivity contribution < 1.29 is 8.42 Å². The van der Waals surface area contributed by atoms with E-state index >= 15 is 0 Å². The lowest BCUT2D eigenvalue weighted by molar-refractivity contribution is 0.560. The monoisotopic (exact) mass is 448 g/mol. The molecule has 1 atom stereocenters. The minimum Gasteiger partial charge on any atom is -0.336 e. The fourth-order valence-corrected chi connectivity index (χ4v) is 5.37. The number of benzene rings is 2. The van der Waals surface area contributed by atoms with E-state index in [2.05, 4.69) is 4.98 Å². The highest BCUT2D eigenvalue weighted by atomic mass is 35.5. The van der Waals surface area contributed by atoms with E-state index in [9.17, 15) is 8.42 Å². The van der Waals surface area contributed by atoms with E-state index in [1.807, 2.05) is 58.9 Å². The molecule has 0 amide bonds. The second kappa shape index (κ2) is 8.94. The Bertz CT molecular complexity index is 1020. The predicted molar refractivity (Wildman–Crippen MR) is 121 cm³/mol. The molecule has 0 saturated heterocycles. The van der Waals surface area contributed by atoms with Crippen molar-refractivity contribution >= 4 is 33.2 Å². The van der Waals surface area contributed by atoms with E-state index in [0.29, 0.717) is 4.90 Å². The Balaban J connectivity index is 1.82. The molecule has 3 aromatic rings. The molecule has 0 saturated carbocycles. The molecule has 0 aliphatic rings. The summed E-state index contributed by atoms with van der Waals surface area (Å²) in [7, 11) is -3.36. The zero-order valence-electron chi connectivity index (χ0n) is 16.7. The summed E-state index contributed by atoms with van der Waals surface area (Å²) in [6.07, 6.45) is 5.50. The molecule has 154 valence electrons. The lowest BCUT2D eigenvalue weighted by Gasteiger charge is -2.21. The van der Waals surface area contributed by atoms with Gasteiger partial charge in [0.05, 0.1) is 16.0 Å². The summed E-state index contributed by atoms with van der Waals surface area (Å²) in [5.41, 5.74) is 2.28. The second-order valence-electron chi connectivity index (χ2n) is 7.87. The van der Waals surface area contributed by atoms with Gasteiger partial charge in [-0.2, -0.15) is 0 Å². The lowest BCUT2D eigenvalue weighted by Crippen LogP contribution is -2.27. The Labute approximate surface area is 182 Å². The summed E-state index contributed by atoms with van der Waals surface area (Å²) in [5.74, 6) is 0.832. The number of sulfone groups is 1. The van der Waals surface area contributed by atoms with Gasteiger partial charge in [-0.15, -0.1) is 11.8 Å². The van der Waals surface area contributed by atoms with Crippen LogP contribution in [0.15, 0.2) is 72.1 Å². The van der Waals surface area contributed by atoms with Crippen LogP contribution in [0.4, 0.5) is 0 Å². The van der Waals surface area contributed by atoms with Gasteiger partial charge < -0.3 is 4.57 Å². The second-order valence-corrected chi connectivity index (χ2v) is 12.2. The van der Waals surface area contributed by atoms with Crippen molar-refractivity contribution in [3.05, 3.63) is 83.4 Å². The molecule has 0 aliphatic carbocycles. The maximum Gasteiger partial charge on any atom is 0.183 e. The quantitative estimate of drug-likeness (QED) is 0.459. The molecule has 2 aromatic carbocycles. The molecular formula is C22H25ClN2O2S2. The van der Waals surface area contributed by atoms with Crippen molar-refractivity contribution in [2.75, 3.05) is 0 Å². The van der Waals surface area contributed by atoms with Crippen molar-refractivity contribution in [3.63, 3.8) is 0 Å². The van der Waals surface area contributed by atoms with Crippen LogP contribution in [-0.4, -0.2) is 22.7 Å². The van der Waals surface area contributed by atoms with Crippen molar-refractivity contribution in [1.82, 2.24) is 9.55 Å². The molecule has 0 aliphatic heterocycles. The van der Waals surface area contributed by atoms with Gasteiger partial charge in [0.25, 0.3) is 0 Å². The molecule has 4 nitrogen and oxygen atoms in total. The van der Waals surface area contributed by atoms with E-state index < -0.39 is 14.6 Å². The van der Waals surface area contributed by atoms with Gasteiger partial charge in [0.2, 0.25) is 0 Å². The van der Waals surface area contributed by atoms with Gasteiger partial charge >= 0.3 is 0 Å². The molecule has 0 spiro atoms. The summed E-state index contributed by atoms with van der Waals surface area (Å²) >= 11 is 7.79. The maximum absolute atomic E-state index is 12.7. The van der Waals surface area contributed by atoms with E-state index in [4.69, 9.17) is 11.6 Å². The van der Waals surface area contributed by atoms with Crippen molar-refractivity contribution in [2.45, 2.75) is 48.0 Å². The number of nitrogens with zero attached hydrogens (tertiary/aromatic N) is 2. The number of thioether (sulfide) groups is 1. The molecular weight excluding hydrogens is 424 g/mol. The fourth-order valence-electron chi connectivity index (χ4n) is 2.83. The zero-order chi connectivity index (χ0) is 21.1. The third-order valence-corrected chi connectivity index (χ3v) is 8.75. The molecule has 29 heavy (non-hydrogen) atoms. The first kappa shape index (κ1) is 21.9. The molecule has 0 radical (unpaired) electrons. The predicted octanol–water partition coefficient (Wildman–Crippen LogP) is 5.78. The highest BCUT2D eigenvalue weighted by Gasteiger charge is 2.30. The van der Waals surface area contributed by atoms with Gasteiger partial charge in [-0.1, -0.05) is 35.9 Å². The van der Waals surface area contributed by atoms with Crippen LogP contribution >= 0.6 is 23.4 Å². The average molecular weight is 449 g/mol. The SMILES string of the molecule is CC(C)(C)S(=O)(=O)c1ccc(C(Cn2ccnc2)SCc2ccc(Cl)cc2)cc1. The third-order valence-electron chi connectivity index (χ3n) is 4.67. The Morgan fingerprint density at radius 3 is 2.28 bits per heavy atom. The van der Waals surface area contributed by atoms with E-state index in [1.54, 1.807) is 45.4 Å². The molecule has 1 unspecified atom stereocenters. The number of aromatic nitrogens is 2. The highest BCUT2D eigenvalue weighted by Crippen LogP contribution is 2.35. The summed E-state index contributed by atoms with van der Waals surface area (Å²) in [6, 6.07) is 15.2. The number of halogens is 1. The largest absolute Gasteiger partial charge is 0.336 e. The first-order valence-electron chi connectivity index (χ1n) is 9.33. The van der Waals surface area contributed by atoms with Crippen LogP contribution in [0.5, 0.6) is 0 Å². The standard InChI is InChI=1S/C22H25ClN2O2S2/c1-22(2,3)29(26,27)20-10-6-18(7-11-20)21(14-25-13-12-24-16-25)28-15-17-4-8-19(23)9-5-17/h4-13,16,21H,14-15H2,1-3H3. The normalized spacial score (nSPS) is 13.4. The van der Waals surface area contributed by atoms with Crippen molar-refractivity contribution in [1.29, 1.82) is 0 Å². The molecule has 1 heterocycles. The molecule has 7 heteroatoms. The van der Waals surface area contributed by atoms with Crippen LogP contribution in [0.1, 0.15) is 37.1 Å².